The third kappa shape index (κ3) is 5.17. The monoisotopic (exact) mass is 878 g/mol. The molecular formula is C63H51BN2O2. The Kier molecular flexibility index (Phi) is 7.66. The van der Waals surface area contributed by atoms with E-state index in [0.717, 1.165) is 61.5 Å². The first kappa shape index (κ1) is 39.7. The molecule has 1 aliphatic carbocycles. The zero-order valence-electron chi connectivity index (χ0n) is 39.9. The van der Waals surface area contributed by atoms with E-state index in [1.54, 1.807) is 0 Å². The molecule has 2 aromatic heterocycles. The lowest BCUT2D eigenvalue weighted by atomic mass is 9.43. The molecule has 0 saturated heterocycles. The van der Waals surface area contributed by atoms with Crippen LogP contribution in [0, 0.1) is 0 Å². The highest BCUT2D eigenvalue weighted by atomic mass is 16.5. The number of hydrogen-bond acceptors (Lipinski definition) is 3. The van der Waals surface area contributed by atoms with Gasteiger partial charge in [0.2, 0.25) is 0 Å². The van der Waals surface area contributed by atoms with Gasteiger partial charge in [0.15, 0.2) is 0 Å². The summed E-state index contributed by atoms with van der Waals surface area (Å²) in [5.41, 5.74) is 23.3. The molecule has 4 nitrogen and oxygen atoms in total. The molecule has 0 unspecified atom stereocenters. The van der Waals surface area contributed by atoms with Gasteiger partial charge >= 0.3 is 6.85 Å². The molecule has 0 spiro atoms. The third-order valence-corrected chi connectivity index (χ3v) is 15.8. The van der Waals surface area contributed by atoms with Crippen molar-refractivity contribution in [1.82, 2.24) is 4.57 Å². The molecule has 5 heteroatoms. The molecule has 0 fully saturated rings. The Morgan fingerprint density at radius 3 is 2.10 bits per heavy atom. The predicted octanol–water partition coefficient (Wildman–Crippen LogP) is 15.3. The molecule has 14 rings (SSSR count). The van der Waals surface area contributed by atoms with Crippen molar-refractivity contribution in [3.63, 3.8) is 0 Å². The number of aromatic nitrogens is 1. The van der Waals surface area contributed by atoms with Gasteiger partial charge in [-0.1, -0.05) is 159 Å². The minimum atomic E-state index is -0.302. The molecule has 0 bridgehead atoms. The highest BCUT2D eigenvalue weighted by molar-refractivity contribution is 6.94. The van der Waals surface area contributed by atoms with Crippen molar-refractivity contribution >= 4 is 84.2 Å². The van der Waals surface area contributed by atoms with Crippen molar-refractivity contribution in [1.29, 1.82) is 0 Å². The summed E-state index contributed by atoms with van der Waals surface area (Å²) in [6.07, 6.45) is 2.11. The number of furan rings is 1. The highest BCUT2D eigenvalue weighted by Gasteiger charge is 2.50. The molecule has 68 heavy (non-hydrogen) atoms. The molecule has 0 atom stereocenters. The van der Waals surface area contributed by atoms with E-state index < -0.39 is 0 Å². The summed E-state index contributed by atoms with van der Waals surface area (Å²) in [6, 6.07) is 54.2. The van der Waals surface area contributed by atoms with Crippen LogP contribution in [0.4, 0.5) is 11.4 Å². The van der Waals surface area contributed by atoms with Gasteiger partial charge in [-0.3, -0.25) is 0 Å². The van der Waals surface area contributed by atoms with Crippen LogP contribution in [0.2, 0.25) is 0 Å². The van der Waals surface area contributed by atoms with E-state index in [-0.39, 0.29) is 23.1 Å². The Bertz CT molecular complexity index is 3940. The fourth-order valence-corrected chi connectivity index (χ4v) is 12.4. The Morgan fingerprint density at radius 2 is 1.32 bits per heavy atom. The van der Waals surface area contributed by atoms with E-state index in [0.29, 0.717) is 0 Å². The number of para-hydroxylation sites is 1. The van der Waals surface area contributed by atoms with E-state index in [9.17, 15) is 0 Å². The van der Waals surface area contributed by atoms with Gasteiger partial charge in [-0.15, -0.1) is 0 Å². The molecule has 0 radical (unpaired) electrons. The largest absolute Gasteiger partial charge is 0.456 e. The van der Waals surface area contributed by atoms with Gasteiger partial charge in [-0.05, 0) is 115 Å². The van der Waals surface area contributed by atoms with Crippen LogP contribution in [0.25, 0.3) is 83.0 Å². The maximum absolute atomic E-state index is 7.00. The maximum atomic E-state index is 7.00. The van der Waals surface area contributed by atoms with Crippen LogP contribution in [0.5, 0.6) is 5.75 Å². The summed E-state index contributed by atoms with van der Waals surface area (Å²) in [5.74, 6) is 1.62. The summed E-state index contributed by atoms with van der Waals surface area (Å²) in [5, 5.41) is 4.85. The summed E-state index contributed by atoms with van der Waals surface area (Å²) in [6.45, 7) is 23.3. The molecule has 5 heterocycles. The Morgan fingerprint density at radius 1 is 0.603 bits per heavy atom. The smallest absolute Gasteiger partial charge is 0.333 e. The first-order chi connectivity index (χ1) is 32.7. The van der Waals surface area contributed by atoms with Crippen LogP contribution in [0.1, 0.15) is 88.8 Å². The van der Waals surface area contributed by atoms with Gasteiger partial charge in [0.25, 0.3) is 0 Å². The summed E-state index contributed by atoms with van der Waals surface area (Å²) in [7, 11) is 0. The average molecular weight is 879 g/mol. The highest BCUT2D eigenvalue weighted by Crippen LogP contribution is 2.60. The third-order valence-electron chi connectivity index (χ3n) is 15.8. The van der Waals surface area contributed by atoms with E-state index in [4.69, 9.17) is 15.7 Å². The molecule has 0 N–H and O–H groups in total. The molecule has 4 aliphatic rings. The summed E-state index contributed by atoms with van der Waals surface area (Å²) < 4.78 is 16.4. The first-order valence-electron chi connectivity index (χ1n) is 24.1. The van der Waals surface area contributed by atoms with Gasteiger partial charge in [-0.2, -0.15) is 0 Å². The maximum Gasteiger partial charge on any atom is 0.333 e. The summed E-state index contributed by atoms with van der Waals surface area (Å²) >= 11 is 0. The number of fused-ring (bicyclic) bond motifs is 17. The van der Waals surface area contributed by atoms with E-state index in [1.807, 2.05) is 6.07 Å². The first-order valence-corrected chi connectivity index (χ1v) is 24.1. The second-order valence-corrected chi connectivity index (χ2v) is 22.2. The normalized spacial score (nSPS) is 15.4. The number of nitrogens with zero attached hydrogens (tertiary/aromatic N) is 2. The number of hydrogen-bond donors (Lipinski definition) is 0. The molecule has 0 amide bonds. The lowest BCUT2D eigenvalue weighted by Crippen LogP contribution is -2.61. The van der Waals surface area contributed by atoms with Crippen LogP contribution < -0.4 is 20.5 Å². The Labute approximate surface area is 397 Å². The van der Waals surface area contributed by atoms with Crippen LogP contribution in [-0.4, -0.2) is 11.4 Å². The average Bonchev–Trinajstić information content (AvgIpc) is 3.94. The van der Waals surface area contributed by atoms with Gasteiger partial charge in [0, 0.05) is 66.8 Å². The molecule has 328 valence electrons. The zero-order valence-corrected chi connectivity index (χ0v) is 39.9. The van der Waals surface area contributed by atoms with Crippen LogP contribution in [-0.2, 0) is 16.2 Å². The van der Waals surface area contributed by atoms with Crippen LogP contribution in [0.3, 0.4) is 0 Å². The lowest BCUT2D eigenvalue weighted by molar-refractivity contribution is 0.509. The number of ether oxygens (including phenoxy) is 1. The minimum absolute atomic E-state index is 0.00442. The van der Waals surface area contributed by atoms with Crippen molar-refractivity contribution in [2.45, 2.75) is 71.6 Å². The van der Waals surface area contributed by atoms with Gasteiger partial charge in [0.1, 0.15) is 22.7 Å². The van der Waals surface area contributed by atoms with Crippen molar-refractivity contribution in [2.75, 3.05) is 4.81 Å². The van der Waals surface area contributed by atoms with Gasteiger partial charge < -0.3 is 18.5 Å². The minimum Gasteiger partial charge on any atom is -0.456 e. The fraction of sp³-hybridized carbons (Fsp3) is 0.175. The van der Waals surface area contributed by atoms with Gasteiger partial charge in [-0.25, -0.2) is 0 Å². The Balaban J connectivity index is 1.19. The molecule has 0 saturated carbocycles. The topological polar surface area (TPSA) is 30.5 Å². The quantitative estimate of drug-likeness (QED) is 0.162. The molecule has 10 aromatic rings. The Hall–Kier alpha value is -7.50. The van der Waals surface area contributed by atoms with E-state index in [2.05, 4.69) is 210 Å². The zero-order chi connectivity index (χ0) is 46.3. The summed E-state index contributed by atoms with van der Waals surface area (Å²) in [4.78, 5) is 2.65. The van der Waals surface area contributed by atoms with Crippen LogP contribution >= 0.6 is 0 Å². The standard InChI is InChI=1S/C63H51BN2O2/c1-35-29-52(36-17-11-10-12-18-36)68-54-34-50-47(31-42(35)54)64-59-56(45-33-53-43(40-19-14-16-22-51(40)67-53)32-49(45)66(64)39-26-23-37(24-27-39)61(2,3)4)55-41-20-13-15-21-46(41)63(8,9)58(55)57-44-30-38(62(5,6)7)25-28-48(44)65(50)60(57)59/h10-34H,1H2,2-9H3. The van der Waals surface area contributed by atoms with Crippen molar-refractivity contribution in [3.8, 4) is 33.7 Å². The number of allylic oxidation sites excluding steroid dienone is 2. The van der Waals surface area contributed by atoms with Crippen molar-refractivity contribution in [3.05, 3.63) is 192 Å². The number of anilines is 2. The second-order valence-electron chi connectivity index (χ2n) is 22.2. The molecular weight excluding hydrogens is 828 g/mol. The molecule has 8 aromatic carbocycles. The second kappa shape index (κ2) is 13.1. The van der Waals surface area contributed by atoms with E-state index in [1.165, 1.54) is 82.9 Å². The number of benzene rings is 8. The number of rotatable bonds is 2. The fourth-order valence-electron chi connectivity index (χ4n) is 12.4. The predicted molar refractivity (Wildman–Crippen MR) is 286 cm³/mol. The SMILES string of the molecule is C=C1C=C(c2ccccc2)Oc2cc3c(cc21)B1c2c(c4c(c5c6cc(C(C)(C)C)ccc6n-3c25)C(C)(C)c2ccccc2-4)-c2cc3oc4ccccc4c3cc2N1c1ccc(C(C)(C)C)cc1. The van der Waals surface area contributed by atoms with Crippen molar-refractivity contribution < 1.29 is 9.15 Å². The van der Waals surface area contributed by atoms with Gasteiger partial charge in [0.05, 0.1) is 11.0 Å². The van der Waals surface area contributed by atoms with Crippen LogP contribution in [0.15, 0.2) is 163 Å². The van der Waals surface area contributed by atoms with E-state index >= 15 is 0 Å². The van der Waals surface area contributed by atoms with Crippen molar-refractivity contribution in [2.24, 2.45) is 0 Å². The molecule has 3 aliphatic heterocycles. The lowest BCUT2D eigenvalue weighted by Gasteiger charge is -2.43.